The first kappa shape index (κ1) is 16.0. The van der Waals surface area contributed by atoms with E-state index in [-0.39, 0.29) is 11.3 Å². The van der Waals surface area contributed by atoms with Crippen molar-refractivity contribution in [1.29, 1.82) is 0 Å². The lowest BCUT2D eigenvalue weighted by Gasteiger charge is -2.31. The van der Waals surface area contributed by atoms with Gasteiger partial charge in [0.2, 0.25) is 0 Å². The van der Waals surface area contributed by atoms with Crippen LogP contribution in [0.15, 0.2) is 18.2 Å². The zero-order valence-corrected chi connectivity index (χ0v) is 12.8. The number of halogens is 1. The van der Waals surface area contributed by atoms with Gasteiger partial charge < -0.3 is 9.47 Å². The molecule has 0 heterocycles. The van der Waals surface area contributed by atoms with Crippen LogP contribution in [0.25, 0.3) is 0 Å². The van der Waals surface area contributed by atoms with Gasteiger partial charge in [0, 0.05) is 6.61 Å². The summed E-state index contributed by atoms with van der Waals surface area (Å²) >= 11 is 0. The van der Waals surface area contributed by atoms with E-state index in [0.717, 1.165) is 25.7 Å². The molecule has 0 aromatic heterocycles. The van der Waals surface area contributed by atoms with Crippen LogP contribution in [0, 0.1) is 5.82 Å². The zero-order chi connectivity index (χ0) is 15.3. The van der Waals surface area contributed by atoms with Crippen molar-refractivity contribution < 1.29 is 18.7 Å². The Morgan fingerprint density at radius 1 is 1.24 bits per heavy atom. The molecule has 1 aliphatic carbocycles. The molecule has 1 aromatic carbocycles. The summed E-state index contributed by atoms with van der Waals surface area (Å²) in [6, 6.07) is 4.06. The predicted octanol–water partition coefficient (Wildman–Crippen LogP) is 4.15. The third-order valence-electron chi connectivity index (χ3n) is 4.15. The standard InChI is InChI=1S/C17H23FO3/c1-3-21-17(10-6-4-5-7-11-17)16(19)14-12-13(18)8-9-15(14)20-2/h8-9,12H,3-7,10-11H2,1-2H3. The molecule has 116 valence electrons. The van der Waals surface area contributed by atoms with Gasteiger partial charge in [0.25, 0.3) is 0 Å². The smallest absolute Gasteiger partial charge is 0.198 e. The van der Waals surface area contributed by atoms with E-state index in [4.69, 9.17) is 9.47 Å². The second-order valence-electron chi connectivity index (χ2n) is 5.52. The number of ether oxygens (including phenoxy) is 2. The maximum absolute atomic E-state index is 13.6. The van der Waals surface area contributed by atoms with Crippen molar-refractivity contribution in [3.8, 4) is 5.75 Å². The highest BCUT2D eigenvalue weighted by atomic mass is 19.1. The Labute approximate surface area is 125 Å². The molecule has 4 heteroatoms. The van der Waals surface area contributed by atoms with Crippen molar-refractivity contribution in [1.82, 2.24) is 0 Å². The minimum Gasteiger partial charge on any atom is -0.496 e. The minimum absolute atomic E-state index is 0.150. The van der Waals surface area contributed by atoms with Crippen LogP contribution in [0.2, 0.25) is 0 Å². The van der Waals surface area contributed by atoms with Gasteiger partial charge in [-0.2, -0.15) is 0 Å². The normalized spacial score (nSPS) is 18.0. The summed E-state index contributed by atoms with van der Waals surface area (Å²) in [6.07, 6.45) is 5.54. The summed E-state index contributed by atoms with van der Waals surface area (Å²) < 4.78 is 24.7. The van der Waals surface area contributed by atoms with Gasteiger partial charge in [-0.1, -0.05) is 25.7 Å². The fraction of sp³-hybridized carbons (Fsp3) is 0.588. The Morgan fingerprint density at radius 3 is 2.48 bits per heavy atom. The van der Waals surface area contributed by atoms with Crippen LogP contribution in [-0.2, 0) is 4.74 Å². The average molecular weight is 294 g/mol. The van der Waals surface area contributed by atoms with Gasteiger partial charge in [-0.15, -0.1) is 0 Å². The van der Waals surface area contributed by atoms with Crippen molar-refractivity contribution in [2.45, 2.75) is 51.0 Å². The summed E-state index contributed by atoms with van der Waals surface area (Å²) in [6.45, 7) is 2.37. The molecule has 1 saturated carbocycles. The van der Waals surface area contributed by atoms with E-state index in [0.29, 0.717) is 25.2 Å². The van der Waals surface area contributed by atoms with Crippen molar-refractivity contribution in [2.75, 3.05) is 13.7 Å². The van der Waals surface area contributed by atoms with Crippen molar-refractivity contribution in [3.63, 3.8) is 0 Å². The number of methoxy groups -OCH3 is 1. The molecular weight excluding hydrogens is 271 g/mol. The number of carbonyl (C=O) groups excluding carboxylic acids is 1. The molecule has 0 spiro atoms. The fourth-order valence-electron chi connectivity index (χ4n) is 3.12. The maximum atomic E-state index is 13.6. The number of carbonyl (C=O) groups is 1. The number of rotatable bonds is 5. The molecule has 0 bridgehead atoms. The summed E-state index contributed by atoms with van der Waals surface area (Å²) in [7, 11) is 1.49. The molecule has 3 nitrogen and oxygen atoms in total. The van der Waals surface area contributed by atoms with Crippen LogP contribution in [-0.4, -0.2) is 25.1 Å². The van der Waals surface area contributed by atoms with E-state index in [2.05, 4.69) is 0 Å². The van der Waals surface area contributed by atoms with E-state index in [1.165, 1.54) is 25.3 Å². The lowest BCUT2D eigenvalue weighted by Crippen LogP contribution is -2.41. The topological polar surface area (TPSA) is 35.5 Å². The van der Waals surface area contributed by atoms with Crippen LogP contribution in [0.3, 0.4) is 0 Å². The molecule has 2 rings (SSSR count). The molecule has 0 N–H and O–H groups in total. The summed E-state index contributed by atoms with van der Waals surface area (Å²) in [5.74, 6) is -0.174. The third kappa shape index (κ3) is 3.43. The largest absolute Gasteiger partial charge is 0.496 e. The van der Waals surface area contributed by atoms with E-state index >= 15 is 0 Å². The molecule has 1 aromatic rings. The molecular formula is C17H23FO3. The molecule has 0 radical (unpaired) electrons. The van der Waals surface area contributed by atoms with Gasteiger partial charge in [0.15, 0.2) is 5.78 Å². The second kappa shape index (κ2) is 7.03. The maximum Gasteiger partial charge on any atom is 0.198 e. The van der Waals surface area contributed by atoms with Gasteiger partial charge in [0.05, 0.1) is 12.7 Å². The molecule has 0 aliphatic heterocycles. The highest BCUT2D eigenvalue weighted by Crippen LogP contribution is 2.36. The summed E-state index contributed by atoms with van der Waals surface area (Å²) in [4.78, 5) is 13.0. The van der Waals surface area contributed by atoms with E-state index in [9.17, 15) is 9.18 Å². The summed E-state index contributed by atoms with van der Waals surface area (Å²) in [5.41, 5.74) is -0.542. The van der Waals surface area contributed by atoms with Crippen LogP contribution >= 0.6 is 0 Å². The number of Topliss-reactive ketones (excluding diaryl/α,β-unsaturated/α-hetero) is 1. The Kier molecular flexibility index (Phi) is 5.34. The lowest BCUT2D eigenvalue weighted by atomic mass is 9.85. The van der Waals surface area contributed by atoms with E-state index < -0.39 is 11.4 Å². The monoisotopic (exact) mass is 294 g/mol. The van der Waals surface area contributed by atoms with Gasteiger partial charge >= 0.3 is 0 Å². The first-order valence-corrected chi connectivity index (χ1v) is 7.65. The molecule has 0 amide bonds. The van der Waals surface area contributed by atoms with Crippen molar-refractivity contribution in [3.05, 3.63) is 29.6 Å². The number of ketones is 1. The highest BCUT2D eigenvalue weighted by Gasteiger charge is 2.41. The van der Waals surface area contributed by atoms with Gasteiger partial charge in [0.1, 0.15) is 17.2 Å². The Bertz CT molecular complexity index is 491. The highest BCUT2D eigenvalue weighted by molar-refractivity contribution is 6.04. The minimum atomic E-state index is -0.827. The first-order chi connectivity index (χ1) is 10.1. The van der Waals surface area contributed by atoms with E-state index in [1.807, 2.05) is 6.92 Å². The van der Waals surface area contributed by atoms with Gasteiger partial charge in [-0.05, 0) is 38.0 Å². The second-order valence-corrected chi connectivity index (χ2v) is 5.52. The number of hydrogen-bond donors (Lipinski definition) is 0. The Balaban J connectivity index is 2.40. The van der Waals surface area contributed by atoms with Crippen LogP contribution < -0.4 is 4.74 Å². The Hall–Kier alpha value is -1.42. The first-order valence-electron chi connectivity index (χ1n) is 7.65. The third-order valence-corrected chi connectivity index (χ3v) is 4.15. The van der Waals surface area contributed by atoms with Crippen LogP contribution in [0.5, 0.6) is 5.75 Å². The molecule has 1 aliphatic rings. The van der Waals surface area contributed by atoms with Crippen molar-refractivity contribution in [2.24, 2.45) is 0 Å². The zero-order valence-electron chi connectivity index (χ0n) is 12.8. The quantitative estimate of drug-likeness (QED) is 0.604. The summed E-state index contributed by atoms with van der Waals surface area (Å²) in [5, 5.41) is 0. The average Bonchev–Trinajstić information content (AvgIpc) is 2.73. The van der Waals surface area contributed by atoms with E-state index in [1.54, 1.807) is 0 Å². The lowest BCUT2D eigenvalue weighted by molar-refractivity contribution is -0.0294. The SMILES string of the molecule is CCOC1(C(=O)c2cc(F)ccc2OC)CCCCCC1. The van der Waals surface area contributed by atoms with Gasteiger partial charge in [-0.25, -0.2) is 4.39 Å². The fourth-order valence-corrected chi connectivity index (χ4v) is 3.12. The van der Waals surface area contributed by atoms with Crippen LogP contribution in [0.1, 0.15) is 55.8 Å². The van der Waals surface area contributed by atoms with Gasteiger partial charge in [-0.3, -0.25) is 4.79 Å². The number of benzene rings is 1. The van der Waals surface area contributed by atoms with Crippen LogP contribution in [0.4, 0.5) is 4.39 Å². The van der Waals surface area contributed by atoms with Crippen molar-refractivity contribution >= 4 is 5.78 Å². The molecule has 0 saturated heterocycles. The molecule has 1 fully saturated rings. The predicted molar refractivity (Wildman–Crippen MR) is 79.3 cm³/mol. The molecule has 0 atom stereocenters. The molecule has 21 heavy (non-hydrogen) atoms. The molecule has 0 unspecified atom stereocenters. The Morgan fingerprint density at radius 2 is 1.90 bits per heavy atom. The number of hydrogen-bond acceptors (Lipinski definition) is 3.